The zero-order valence-electron chi connectivity index (χ0n) is 9.07. The molecule has 0 spiro atoms. The molecule has 1 aromatic carbocycles. The van der Waals surface area contributed by atoms with Crippen molar-refractivity contribution in [2.75, 3.05) is 0 Å². The molecule has 1 unspecified atom stereocenters. The molecule has 0 saturated carbocycles. The minimum absolute atomic E-state index is 0.124. The van der Waals surface area contributed by atoms with Gasteiger partial charge in [-0.05, 0) is 52.6 Å². The van der Waals surface area contributed by atoms with Gasteiger partial charge in [-0.25, -0.2) is 8.78 Å². The van der Waals surface area contributed by atoms with E-state index < -0.39 is 17.7 Å². The zero-order valence-corrected chi connectivity index (χ0v) is 9.88. The highest BCUT2D eigenvalue weighted by Gasteiger charge is 2.11. The molecule has 2 rings (SSSR count). The first-order chi connectivity index (χ1) is 8.15. The van der Waals surface area contributed by atoms with Crippen molar-refractivity contribution in [1.82, 2.24) is 0 Å². The van der Waals surface area contributed by atoms with Gasteiger partial charge in [0.15, 0.2) is 0 Å². The molecule has 0 amide bonds. The molecule has 1 heterocycles. The minimum atomic E-state index is -0.694. The second kappa shape index (κ2) is 5.38. The van der Waals surface area contributed by atoms with Crippen LogP contribution < -0.4 is 0 Å². The topological polar surface area (TPSA) is 20.2 Å². The first kappa shape index (κ1) is 12.2. The van der Waals surface area contributed by atoms with Gasteiger partial charge in [0.05, 0.1) is 6.10 Å². The van der Waals surface area contributed by atoms with E-state index in [4.69, 9.17) is 0 Å². The van der Waals surface area contributed by atoms with Crippen LogP contribution in [-0.2, 0) is 12.8 Å². The van der Waals surface area contributed by atoms with E-state index in [9.17, 15) is 13.9 Å². The SMILES string of the molecule is OC(Cc1ccsc1)Cc1cc(F)ccc1F. The fourth-order valence-electron chi connectivity index (χ4n) is 1.71. The highest BCUT2D eigenvalue weighted by Crippen LogP contribution is 2.15. The van der Waals surface area contributed by atoms with Crippen molar-refractivity contribution < 1.29 is 13.9 Å². The third-order valence-corrected chi connectivity index (χ3v) is 3.25. The van der Waals surface area contributed by atoms with Gasteiger partial charge in [0.1, 0.15) is 11.6 Å². The molecule has 0 fully saturated rings. The van der Waals surface area contributed by atoms with Crippen LogP contribution in [0.15, 0.2) is 35.0 Å². The standard InChI is InChI=1S/C13H12F2OS/c14-11-1-2-13(15)10(6-11)7-12(16)5-9-3-4-17-8-9/h1-4,6,8,12,16H,5,7H2. The summed E-state index contributed by atoms with van der Waals surface area (Å²) in [5.74, 6) is -0.958. The Morgan fingerprint density at radius 2 is 2.00 bits per heavy atom. The highest BCUT2D eigenvalue weighted by molar-refractivity contribution is 7.07. The van der Waals surface area contributed by atoms with Gasteiger partial charge in [0.25, 0.3) is 0 Å². The van der Waals surface area contributed by atoms with Crippen molar-refractivity contribution >= 4 is 11.3 Å². The molecule has 0 aliphatic rings. The van der Waals surface area contributed by atoms with Crippen molar-refractivity contribution in [2.45, 2.75) is 18.9 Å². The number of aliphatic hydroxyl groups is 1. The number of benzene rings is 1. The van der Waals surface area contributed by atoms with Crippen LogP contribution in [0.25, 0.3) is 0 Å². The van der Waals surface area contributed by atoms with Gasteiger partial charge < -0.3 is 5.11 Å². The summed E-state index contributed by atoms with van der Waals surface area (Å²) in [7, 11) is 0. The number of hydrogen-bond donors (Lipinski definition) is 1. The van der Waals surface area contributed by atoms with E-state index in [-0.39, 0.29) is 12.0 Å². The van der Waals surface area contributed by atoms with Crippen LogP contribution in [0.4, 0.5) is 8.78 Å². The largest absolute Gasteiger partial charge is 0.392 e. The molecule has 2 aromatic rings. The molecule has 1 nitrogen and oxygen atoms in total. The van der Waals surface area contributed by atoms with Crippen LogP contribution in [0.1, 0.15) is 11.1 Å². The van der Waals surface area contributed by atoms with Crippen LogP contribution in [0.5, 0.6) is 0 Å². The molecule has 1 atom stereocenters. The lowest BCUT2D eigenvalue weighted by Gasteiger charge is -2.10. The Morgan fingerprint density at radius 3 is 2.71 bits per heavy atom. The molecular formula is C13H12F2OS. The summed E-state index contributed by atoms with van der Waals surface area (Å²) in [6.45, 7) is 0. The molecule has 0 aliphatic heterocycles. The summed E-state index contributed by atoms with van der Waals surface area (Å²) < 4.78 is 26.3. The first-order valence-corrected chi connectivity index (χ1v) is 6.22. The number of thiophene rings is 1. The second-order valence-electron chi connectivity index (χ2n) is 3.93. The van der Waals surface area contributed by atoms with Crippen molar-refractivity contribution in [3.8, 4) is 0 Å². The normalized spacial score (nSPS) is 12.6. The van der Waals surface area contributed by atoms with Gasteiger partial charge in [0.2, 0.25) is 0 Å². The molecule has 0 aliphatic carbocycles. The Bertz CT molecular complexity index is 482. The zero-order chi connectivity index (χ0) is 12.3. The maximum atomic E-state index is 13.3. The summed E-state index contributed by atoms with van der Waals surface area (Å²) in [6.07, 6.45) is -0.111. The summed E-state index contributed by atoms with van der Waals surface area (Å²) in [5, 5.41) is 13.7. The lowest BCUT2D eigenvalue weighted by Crippen LogP contribution is -2.14. The molecule has 0 bridgehead atoms. The smallest absolute Gasteiger partial charge is 0.126 e. The molecular weight excluding hydrogens is 242 g/mol. The van der Waals surface area contributed by atoms with Gasteiger partial charge in [0, 0.05) is 6.42 Å². The maximum Gasteiger partial charge on any atom is 0.126 e. The summed E-state index contributed by atoms with van der Waals surface area (Å²) in [5.41, 5.74) is 1.23. The third-order valence-electron chi connectivity index (χ3n) is 2.51. The van der Waals surface area contributed by atoms with Gasteiger partial charge in [-0.2, -0.15) is 11.3 Å². The molecule has 1 N–H and O–H groups in total. The monoisotopic (exact) mass is 254 g/mol. The van der Waals surface area contributed by atoms with E-state index in [0.29, 0.717) is 6.42 Å². The van der Waals surface area contributed by atoms with Gasteiger partial charge in [-0.15, -0.1) is 0 Å². The van der Waals surface area contributed by atoms with Crippen LogP contribution in [0, 0.1) is 11.6 Å². The number of halogens is 2. The molecule has 0 radical (unpaired) electrons. The average molecular weight is 254 g/mol. The van der Waals surface area contributed by atoms with E-state index in [1.807, 2.05) is 16.8 Å². The molecule has 1 aromatic heterocycles. The van der Waals surface area contributed by atoms with Gasteiger partial charge >= 0.3 is 0 Å². The van der Waals surface area contributed by atoms with Crippen LogP contribution in [0.3, 0.4) is 0 Å². The molecule has 17 heavy (non-hydrogen) atoms. The van der Waals surface area contributed by atoms with Crippen LogP contribution >= 0.6 is 11.3 Å². The summed E-state index contributed by atoms with van der Waals surface area (Å²) in [4.78, 5) is 0. The number of hydrogen-bond acceptors (Lipinski definition) is 2. The Morgan fingerprint density at radius 1 is 1.18 bits per heavy atom. The predicted molar refractivity (Wildman–Crippen MR) is 64.1 cm³/mol. The second-order valence-corrected chi connectivity index (χ2v) is 4.71. The Labute approximate surface area is 102 Å². The maximum absolute atomic E-state index is 13.3. The van der Waals surface area contributed by atoms with E-state index in [1.54, 1.807) is 11.3 Å². The number of rotatable bonds is 4. The van der Waals surface area contributed by atoms with E-state index in [0.717, 1.165) is 23.8 Å². The minimum Gasteiger partial charge on any atom is -0.392 e. The fourth-order valence-corrected chi connectivity index (χ4v) is 2.39. The molecule has 0 saturated heterocycles. The Kier molecular flexibility index (Phi) is 3.86. The van der Waals surface area contributed by atoms with Crippen LogP contribution in [0.2, 0.25) is 0 Å². The van der Waals surface area contributed by atoms with Crippen molar-refractivity contribution in [1.29, 1.82) is 0 Å². The average Bonchev–Trinajstić information content (AvgIpc) is 2.76. The Hall–Kier alpha value is -1.26. The van der Waals surface area contributed by atoms with E-state index >= 15 is 0 Å². The molecule has 4 heteroatoms. The molecule has 90 valence electrons. The Balaban J connectivity index is 2.02. The third kappa shape index (κ3) is 3.35. The van der Waals surface area contributed by atoms with E-state index in [2.05, 4.69) is 0 Å². The fraction of sp³-hybridized carbons (Fsp3) is 0.231. The van der Waals surface area contributed by atoms with Crippen LogP contribution in [-0.4, -0.2) is 11.2 Å². The van der Waals surface area contributed by atoms with Crippen molar-refractivity contribution in [3.63, 3.8) is 0 Å². The van der Waals surface area contributed by atoms with Crippen molar-refractivity contribution in [2.24, 2.45) is 0 Å². The van der Waals surface area contributed by atoms with Crippen molar-refractivity contribution in [3.05, 3.63) is 57.8 Å². The van der Waals surface area contributed by atoms with Gasteiger partial charge in [-0.1, -0.05) is 0 Å². The summed E-state index contributed by atoms with van der Waals surface area (Å²) in [6, 6.07) is 5.20. The first-order valence-electron chi connectivity index (χ1n) is 5.28. The lowest BCUT2D eigenvalue weighted by molar-refractivity contribution is 0.174. The quantitative estimate of drug-likeness (QED) is 0.888. The summed E-state index contributed by atoms with van der Waals surface area (Å²) >= 11 is 1.55. The van der Waals surface area contributed by atoms with E-state index in [1.165, 1.54) is 0 Å². The lowest BCUT2D eigenvalue weighted by atomic mass is 10.0. The number of aliphatic hydroxyl groups excluding tert-OH is 1. The predicted octanol–water partition coefficient (Wildman–Crippen LogP) is 3.17. The highest BCUT2D eigenvalue weighted by atomic mass is 32.1. The van der Waals surface area contributed by atoms with Gasteiger partial charge in [-0.3, -0.25) is 0 Å².